The number of nitrogens with zero attached hydrogens (tertiary/aromatic N) is 2. The van der Waals surface area contributed by atoms with Gasteiger partial charge in [-0.2, -0.15) is 11.3 Å². The van der Waals surface area contributed by atoms with Crippen molar-refractivity contribution < 1.29 is 31.9 Å². The molecule has 0 saturated carbocycles. The van der Waals surface area contributed by atoms with Crippen LogP contribution in [0.5, 0.6) is 0 Å². The lowest BCUT2D eigenvalue weighted by Crippen LogP contribution is -2.31. The van der Waals surface area contributed by atoms with Crippen LogP contribution in [-0.4, -0.2) is 36.6 Å². The number of aromatic nitrogens is 2. The van der Waals surface area contributed by atoms with Gasteiger partial charge < -0.3 is 14.0 Å². The first-order valence-electron chi connectivity index (χ1n) is 16.1. The summed E-state index contributed by atoms with van der Waals surface area (Å²) in [5.74, 6) is -0.503. The minimum atomic E-state index is -4.32. The van der Waals surface area contributed by atoms with Gasteiger partial charge in [-0.05, 0) is 70.5 Å². The lowest BCUT2D eigenvalue weighted by molar-refractivity contribution is 0.0459. The number of amides is 1. The van der Waals surface area contributed by atoms with Gasteiger partial charge in [0.1, 0.15) is 18.2 Å². The molecule has 0 bridgehead atoms. The average molecular weight is 704 g/mol. The Balaban J connectivity index is 1.43. The summed E-state index contributed by atoms with van der Waals surface area (Å²) in [7, 11) is -4.32. The van der Waals surface area contributed by atoms with E-state index >= 15 is 4.39 Å². The number of rotatable bonds is 14. The van der Waals surface area contributed by atoms with Crippen LogP contribution < -0.4 is 4.72 Å². The van der Waals surface area contributed by atoms with Crippen LogP contribution in [0.15, 0.2) is 88.5 Å². The van der Waals surface area contributed by atoms with Gasteiger partial charge in [-0.1, -0.05) is 75.4 Å². The quantitative estimate of drug-likeness (QED) is 0.116. The summed E-state index contributed by atoms with van der Waals surface area (Å²) in [5, 5.41) is 4.04. The van der Waals surface area contributed by atoms with Gasteiger partial charge in [0, 0.05) is 17.5 Å². The van der Waals surface area contributed by atoms with Crippen molar-refractivity contribution in [1.29, 1.82) is 0 Å². The first-order chi connectivity index (χ1) is 23.7. The number of ether oxygens (including phenoxy) is 2. The Hall–Kier alpha value is -4.81. The zero-order valence-corrected chi connectivity index (χ0v) is 29.2. The maximum absolute atomic E-state index is 15.9. The monoisotopic (exact) mass is 703 g/mol. The SMILES string of the molecule is CCCOC(=O)NS(=O)(=O)c1ccccc1-c1ccc(Cn2c(CCC)nc(CC)c2C(=O)OCc2ccccc2-c2ccsc2)c(F)c1. The third-order valence-electron chi connectivity index (χ3n) is 7.85. The number of hydrogen-bond donors (Lipinski definition) is 1. The third kappa shape index (κ3) is 8.26. The molecule has 0 fully saturated rings. The van der Waals surface area contributed by atoms with Gasteiger partial charge in [-0.15, -0.1) is 0 Å². The molecule has 256 valence electrons. The van der Waals surface area contributed by atoms with E-state index in [0.717, 1.165) is 23.1 Å². The Labute approximate surface area is 289 Å². The standard InChI is InChI=1S/C37H38FN3O6S2/c1-4-11-34-39-32(6-3)35(36(42)47-23-27-12-7-8-13-29(27)28-18-20-48-24-28)41(34)22-26-17-16-25(21-31(26)38)30-14-9-10-15-33(30)49(44,45)40-37(43)46-19-5-2/h7-10,12-18,20-21,24H,4-6,11,19,22-23H2,1-3H3,(H,40,43). The molecule has 5 rings (SSSR count). The van der Waals surface area contributed by atoms with Gasteiger partial charge in [-0.3, -0.25) is 0 Å². The fourth-order valence-electron chi connectivity index (χ4n) is 5.51. The number of imidazole rings is 1. The zero-order chi connectivity index (χ0) is 35.0. The molecule has 2 heterocycles. The van der Waals surface area contributed by atoms with E-state index in [-0.39, 0.29) is 41.5 Å². The third-order valence-corrected chi connectivity index (χ3v) is 9.91. The van der Waals surface area contributed by atoms with Crippen LogP contribution in [-0.2, 0) is 45.5 Å². The lowest BCUT2D eigenvalue weighted by Gasteiger charge is -2.15. The smallest absolute Gasteiger partial charge is 0.421 e. The van der Waals surface area contributed by atoms with E-state index in [1.54, 1.807) is 41.0 Å². The van der Waals surface area contributed by atoms with Crippen molar-refractivity contribution in [1.82, 2.24) is 14.3 Å². The number of esters is 1. The van der Waals surface area contributed by atoms with Crippen LogP contribution in [0.1, 0.15) is 66.7 Å². The predicted octanol–water partition coefficient (Wildman–Crippen LogP) is 8.16. The predicted molar refractivity (Wildman–Crippen MR) is 187 cm³/mol. The number of sulfonamides is 1. The summed E-state index contributed by atoms with van der Waals surface area (Å²) in [6, 6.07) is 20.2. The van der Waals surface area contributed by atoms with E-state index in [1.807, 2.05) is 59.7 Å². The van der Waals surface area contributed by atoms with Crippen molar-refractivity contribution in [2.24, 2.45) is 0 Å². The summed E-state index contributed by atoms with van der Waals surface area (Å²) in [6.07, 6.45) is 1.25. The number of halogens is 1. The van der Waals surface area contributed by atoms with Crippen molar-refractivity contribution in [2.75, 3.05) is 6.61 Å². The maximum Gasteiger partial charge on any atom is 0.421 e. The minimum Gasteiger partial charge on any atom is -0.456 e. The molecule has 1 N–H and O–H groups in total. The summed E-state index contributed by atoms with van der Waals surface area (Å²) in [4.78, 5) is 30.3. The molecule has 0 spiro atoms. The van der Waals surface area contributed by atoms with Gasteiger partial charge in [0.2, 0.25) is 0 Å². The molecule has 0 aliphatic rings. The Morgan fingerprint density at radius 2 is 1.65 bits per heavy atom. The Bertz CT molecular complexity index is 2040. The molecule has 49 heavy (non-hydrogen) atoms. The van der Waals surface area contributed by atoms with Gasteiger partial charge in [0.05, 0.1) is 23.7 Å². The number of hydrogen-bond acceptors (Lipinski definition) is 8. The first kappa shape index (κ1) is 35.5. The molecule has 0 radical (unpaired) electrons. The second-order valence-corrected chi connectivity index (χ2v) is 13.7. The Kier molecular flexibility index (Phi) is 11.6. The molecular formula is C37H38FN3O6S2. The highest BCUT2D eigenvalue weighted by Gasteiger charge is 2.26. The molecule has 9 nitrogen and oxygen atoms in total. The molecule has 1 amide bonds. The lowest BCUT2D eigenvalue weighted by atomic mass is 10.0. The van der Waals surface area contributed by atoms with E-state index in [1.165, 1.54) is 24.3 Å². The van der Waals surface area contributed by atoms with Crippen LogP contribution >= 0.6 is 11.3 Å². The molecule has 0 atom stereocenters. The highest BCUT2D eigenvalue weighted by atomic mass is 32.2. The number of aryl methyl sites for hydroxylation is 2. The van der Waals surface area contributed by atoms with Crippen LogP contribution in [0.3, 0.4) is 0 Å². The molecule has 3 aromatic carbocycles. The summed E-state index contributed by atoms with van der Waals surface area (Å²) in [5.41, 5.74) is 4.52. The van der Waals surface area contributed by atoms with Crippen LogP contribution in [0.25, 0.3) is 22.3 Å². The summed E-state index contributed by atoms with van der Waals surface area (Å²) < 4.78 is 56.5. The van der Waals surface area contributed by atoms with Crippen molar-refractivity contribution >= 4 is 33.4 Å². The number of carbonyl (C=O) groups is 2. The Morgan fingerprint density at radius 1 is 0.898 bits per heavy atom. The molecule has 5 aromatic rings. The van der Waals surface area contributed by atoms with Gasteiger partial charge >= 0.3 is 12.1 Å². The van der Waals surface area contributed by atoms with Crippen molar-refractivity contribution in [3.8, 4) is 22.3 Å². The van der Waals surface area contributed by atoms with Crippen LogP contribution in [0, 0.1) is 5.82 Å². The van der Waals surface area contributed by atoms with E-state index in [9.17, 15) is 18.0 Å². The van der Waals surface area contributed by atoms with Crippen molar-refractivity contribution in [2.45, 2.75) is 64.5 Å². The van der Waals surface area contributed by atoms with Gasteiger partial charge in [0.25, 0.3) is 10.0 Å². The topological polar surface area (TPSA) is 117 Å². The minimum absolute atomic E-state index is 0.00907. The highest BCUT2D eigenvalue weighted by Crippen LogP contribution is 2.30. The van der Waals surface area contributed by atoms with Crippen LogP contribution in [0.2, 0.25) is 0 Å². The largest absolute Gasteiger partial charge is 0.456 e. The molecule has 0 aliphatic heterocycles. The van der Waals surface area contributed by atoms with Crippen LogP contribution in [0.4, 0.5) is 9.18 Å². The molecule has 0 saturated heterocycles. The van der Waals surface area contributed by atoms with Gasteiger partial charge in [0.15, 0.2) is 5.69 Å². The fraction of sp³-hybridized carbons (Fsp3) is 0.270. The van der Waals surface area contributed by atoms with E-state index in [0.29, 0.717) is 36.3 Å². The summed E-state index contributed by atoms with van der Waals surface area (Å²) >= 11 is 1.59. The second-order valence-electron chi connectivity index (χ2n) is 11.3. The van der Waals surface area contributed by atoms with E-state index in [4.69, 9.17) is 14.5 Å². The Morgan fingerprint density at radius 3 is 2.35 bits per heavy atom. The summed E-state index contributed by atoms with van der Waals surface area (Å²) in [6.45, 7) is 5.83. The second kappa shape index (κ2) is 16.1. The molecule has 2 aromatic heterocycles. The average Bonchev–Trinajstić information content (AvgIpc) is 3.76. The normalized spacial score (nSPS) is 11.3. The fourth-order valence-corrected chi connectivity index (χ4v) is 7.29. The first-order valence-corrected chi connectivity index (χ1v) is 18.5. The molecule has 0 aliphatic carbocycles. The van der Waals surface area contributed by atoms with E-state index in [2.05, 4.69) is 0 Å². The molecule has 0 unspecified atom stereocenters. The molecular weight excluding hydrogens is 666 g/mol. The highest BCUT2D eigenvalue weighted by molar-refractivity contribution is 7.90. The molecule has 12 heteroatoms. The number of benzene rings is 3. The number of thiophene rings is 1. The van der Waals surface area contributed by atoms with Gasteiger partial charge in [-0.25, -0.2) is 32.1 Å². The van der Waals surface area contributed by atoms with E-state index < -0.39 is 27.9 Å². The number of carbonyl (C=O) groups excluding carboxylic acids is 2. The zero-order valence-electron chi connectivity index (χ0n) is 27.6. The van der Waals surface area contributed by atoms with Crippen molar-refractivity contribution in [3.63, 3.8) is 0 Å². The van der Waals surface area contributed by atoms with Crippen molar-refractivity contribution in [3.05, 3.63) is 118 Å². The maximum atomic E-state index is 15.9. The number of nitrogens with one attached hydrogen (secondary N) is 1.